The van der Waals surface area contributed by atoms with E-state index in [2.05, 4.69) is 0 Å². The van der Waals surface area contributed by atoms with Crippen molar-refractivity contribution in [1.29, 1.82) is 0 Å². The maximum atomic E-state index is 13.5. The summed E-state index contributed by atoms with van der Waals surface area (Å²) in [6.45, 7) is 1.15. The molecule has 1 aliphatic heterocycles. The van der Waals surface area contributed by atoms with Crippen LogP contribution in [0.2, 0.25) is 0 Å². The van der Waals surface area contributed by atoms with Gasteiger partial charge in [-0.2, -0.15) is 0 Å². The van der Waals surface area contributed by atoms with Crippen LogP contribution in [-0.2, 0) is 16.0 Å². The first-order valence-corrected chi connectivity index (χ1v) is 10.1. The third-order valence-electron chi connectivity index (χ3n) is 5.28. The van der Waals surface area contributed by atoms with Crippen LogP contribution in [0.5, 0.6) is 0 Å². The molecule has 1 atom stereocenters. The highest BCUT2D eigenvalue weighted by atomic mass is 19.1. The zero-order chi connectivity index (χ0) is 21.7. The fraction of sp³-hybridized carbons (Fsp3) is 0.333. The first kappa shape index (κ1) is 21.7. The zero-order valence-corrected chi connectivity index (χ0v) is 17.3. The quantitative estimate of drug-likeness (QED) is 0.685. The number of carbonyl (C=O) groups is 2. The number of Topliss-reactive ketones (excluding diaryl/α,β-unsaturated/α-hetero) is 1. The van der Waals surface area contributed by atoms with E-state index in [9.17, 15) is 19.1 Å². The van der Waals surface area contributed by atoms with Crippen LogP contribution >= 0.6 is 0 Å². The summed E-state index contributed by atoms with van der Waals surface area (Å²) in [4.78, 5) is 29.4. The molecule has 0 bridgehead atoms. The summed E-state index contributed by atoms with van der Waals surface area (Å²) in [5.74, 6) is -1.71. The Bertz CT molecular complexity index is 923. The van der Waals surface area contributed by atoms with E-state index in [4.69, 9.17) is 0 Å². The molecule has 1 N–H and O–H groups in total. The van der Waals surface area contributed by atoms with Gasteiger partial charge in [-0.25, -0.2) is 4.39 Å². The van der Waals surface area contributed by atoms with Crippen LogP contribution in [0, 0.1) is 5.82 Å². The Morgan fingerprint density at radius 3 is 2.40 bits per heavy atom. The number of aliphatic hydroxyl groups excluding tert-OH is 1. The van der Waals surface area contributed by atoms with Crippen LogP contribution in [0.4, 0.5) is 4.39 Å². The van der Waals surface area contributed by atoms with E-state index in [-0.39, 0.29) is 17.8 Å². The van der Waals surface area contributed by atoms with Crippen molar-refractivity contribution in [3.05, 3.63) is 82.9 Å². The molecule has 6 heteroatoms. The van der Waals surface area contributed by atoms with E-state index in [0.29, 0.717) is 24.9 Å². The number of benzene rings is 2. The average Bonchev–Trinajstić information content (AvgIpc) is 2.98. The van der Waals surface area contributed by atoms with Gasteiger partial charge in [-0.3, -0.25) is 9.59 Å². The van der Waals surface area contributed by atoms with Gasteiger partial charge >= 0.3 is 0 Å². The second-order valence-corrected chi connectivity index (χ2v) is 7.78. The van der Waals surface area contributed by atoms with Crippen molar-refractivity contribution >= 4 is 11.7 Å². The van der Waals surface area contributed by atoms with Gasteiger partial charge in [-0.05, 0) is 56.7 Å². The van der Waals surface area contributed by atoms with Crippen molar-refractivity contribution in [1.82, 2.24) is 9.80 Å². The topological polar surface area (TPSA) is 60.9 Å². The highest BCUT2D eigenvalue weighted by molar-refractivity contribution is 6.09. The van der Waals surface area contributed by atoms with Gasteiger partial charge in [0.15, 0.2) is 11.5 Å². The van der Waals surface area contributed by atoms with Gasteiger partial charge in [0, 0.05) is 13.0 Å². The molecule has 5 nitrogen and oxygen atoms in total. The Morgan fingerprint density at radius 2 is 1.77 bits per heavy atom. The number of nitrogens with zero attached hydrogens (tertiary/aromatic N) is 2. The van der Waals surface area contributed by atoms with Crippen LogP contribution in [0.25, 0.3) is 0 Å². The minimum absolute atomic E-state index is 0.104. The number of aliphatic hydroxyl groups is 1. The molecule has 1 heterocycles. The fourth-order valence-electron chi connectivity index (χ4n) is 3.76. The molecule has 1 amide bonds. The molecule has 1 unspecified atom stereocenters. The Labute approximate surface area is 176 Å². The van der Waals surface area contributed by atoms with Gasteiger partial charge in [-0.15, -0.1) is 0 Å². The standard InChI is InChI=1S/C24H27FN2O3/c1-26(2)15-6-16-27-22(18-10-12-19(25)13-11-18)21(23(29)24(27)30)20(28)14-9-17-7-4-3-5-8-17/h3-5,7-8,10-13,22,29H,6,9,14-16H2,1-2H3. The molecule has 3 rings (SSSR count). The molecular formula is C24H27FN2O3. The summed E-state index contributed by atoms with van der Waals surface area (Å²) in [6, 6.07) is 14.6. The number of aryl methyl sites for hydroxylation is 1. The lowest BCUT2D eigenvalue weighted by atomic mass is 9.93. The van der Waals surface area contributed by atoms with Gasteiger partial charge < -0.3 is 14.9 Å². The minimum atomic E-state index is -0.705. The van der Waals surface area contributed by atoms with Gasteiger partial charge in [-0.1, -0.05) is 42.5 Å². The lowest BCUT2D eigenvalue weighted by molar-refractivity contribution is -0.129. The third-order valence-corrected chi connectivity index (χ3v) is 5.28. The first-order valence-electron chi connectivity index (χ1n) is 10.1. The lowest BCUT2D eigenvalue weighted by Crippen LogP contribution is -2.33. The zero-order valence-electron chi connectivity index (χ0n) is 17.3. The highest BCUT2D eigenvalue weighted by Gasteiger charge is 2.42. The number of hydrogen-bond donors (Lipinski definition) is 1. The van der Waals surface area contributed by atoms with E-state index in [1.807, 2.05) is 49.3 Å². The number of ketones is 1. The van der Waals surface area contributed by atoms with Crippen LogP contribution in [0.3, 0.4) is 0 Å². The number of rotatable bonds is 9. The molecule has 0 fully saturated rings. The molecule has 1 aliphatic rings. The maximum Gasteiger partial charge on any atom is 0.290 e. The van der Waals surface area contributed by atoms with Crippen LogP contribution in [0.15, 0.2) is 65.9 Å². The fourth-order valence-corrected chi connectivity index (χ4v) is 3.76. The number of amides is 1. The molecule has 0 saturated heterocycles. The van der Waals surface area contributed by atoms with Crippen LogP contribution < -0.4 is 0 Å². The van der Waals surface area contributed by atoms with Gasteiger partial charge in [0.1, 0.15) is 5.82 Å². The summed E-state index contributed by atoms with van der Waals surface area (Å²) in [5, 5.41) is 10.6. The van der Waals surface area contributed by atoms with Crippen molar-refractivity contribution in [2.75, 3.05) is 27.2 Å². The SMILES string of the molecule is CN(C)CCCN1C(=O)C(O)=C(C(=O)CCc2ccccc2)C1c1ccc(F)cc1. The molecule has 158 valence electrons. The second-order valence-electron chi connectivity index (χ2n) is 7.78. The Hall–Kier alpha value is -2.99. The number of hydrogen-bond acceptors (Lipinski definition) is 4. The molecule has 0 radical (unpaired) electrons. The molecular weight excluding hydrogens is 383 g/mol. The smallest absolute Gasteiger partial charge is 0.290 e. The number of halogens is 1. The van der Waals surface area contributed by atoms with Crippen LogP contribution in [-0.4, -0.2) is 53.8 Å². The Balaban J connectivity index is 1.86. The monoisotopic (exact) mass is 410 g/mol. The second kappa shape index (κ2) is 9.67. The van der Waals surface area contributed by atoms with Crippen molar-refractivity contribution in [3.63, 3.8) is 0 Å². The summed E-state index contributed by atoms with van der Waals surface area (Å²) in [5.41, 5.74) is 1.73. The van der Waals surface area contributed by atoms with Crippen molar-refractivity contribution in [3.8, 4) is 0 Å². The number of carbonyl (C=O) groups excluding carboxylic acids is 2. The molecule has 0 aliphatic carbocycles. The Kier molecular flexibility index (Phi) is 7.00. The molecule has 0 saturated carbocycles. The molecule has 30 heavy (non-hydrogen) atoms. The maximum absolute atomic E-state index is 13.5. The first-order chi connectivity index (χ1) is 14.4. The lowest BCUT2D eigenvalue weighted by Gasteiger charge is -2.27. The summed E-state index contributed by atoms with van der Waals surface area (Å²) < 4.78 is 13.5. The summed E-state index contributed by atoms with van der Waals surface area (Å²) >= 11 is 0. The summed E-state index contributed by atoms with van der Waals surface area (Å²) in [6.07, 6.45) is 1.39. The van der Waals surface area contributed by atoms with Crippen molar-refractivity contribution < 1.29 is 19.1 Å². The van der Waals surface area contributed by atoms with Crippen LogP contribution in [0.1, 0.15) is 30.0 Å². The van der Waals surface area contributed by atoms with Crippen molar-refractivity contribution in [2.24, 2.45) is 0 Å². The van der Waals surface area contributed by atoms with Gasteiger partial charge in [0.2, 0.25) is 0 Å². The molecule has 0 aromatic heterocycles. The summed E-state index contributed by atoms with van der Waals surface area (Å²) in [7, 11) is 3.88. The molecule has 2 aromatic rings. The largest absolute Gasteiger partial charge is 0.503 e. The van der Waals surface area contributed by atoms with E-state index in [0.717, 1.165) is 12.1 Å². The van der Waals surface area contributed by atoms with E-state index in [1.165, 1.54) is 17.0 Å². The van der Waals surface area contributed by atoms with E-state index >= 15 is 0 Å². The van der Waals surface area contributed by atoms with Gasteiger partial charge in [0.05, 0.1) is 11.6 Å². The van der Waals surface area contributed by atoms with E-state index in [1.54, 1.807) is 12.1 Å². The normalized spacial score (nSPS) is 16.6. The Morgan fingerprint density at radius 1 is 1.10 bits per heavy atom. The predicted molar refractivity (Wildman–Crippen MR) is 113 cm³/mol. The minimum Gasteiger partial charge on any atom is -0.503 e. The molecule has 0 spiro atoms. The molecule has 2 aromatic carbocycles. The average molecular weight is 410 g/mol. The highest BCUT2D eigenvalue weighted by Crippen LogP contribution is 2.38. The van der Waals surface area contributed by atoms with E-state index < -0.39 is 23.5 Å². The third kappa shape index (κ3) is 4.94. The predicted octanol–water partition coefficient (Wildman–Crippen LogP) is 3.67. The van der Waals surface area contributed by atoms with Gasteiger partial charge in [0.25, 0.3) is 5.91 Å². The van der Waals surface area contributed by atoms with Crippen molar-refractivity contribution in [2.45, 2.75) is 25.3 Å².